The zero-order valence-electron chi connectivity index (χ0n) is 22.7. The summed E-state index contributed by atoms with van der Waals surface area (Å²) in [4.78, 5) is 43.7. The summed E-state index contributed by atoms with van der Waals surface area (Å²) in [5, 5.41) is 8.09. The monoisotopic (exact) mass is 515 g/mol. The Morgan fingerprint density at radius 3 is 1.89 bits per heavy atom. The Balaban J connectivity index is 0.00000127. The molecule has 38 heavy (non-hydrogen) atoms. The molecule has 0 aromatic heterocycles. The van der Waals surface area contributed by atoms with E-state index in [0.717, 1.165) is 6.42 Å². The number of rotatable bonds is 5. The third kappa shape index (κ3) is 7.20. The van der Waals surface area contributed by atoms with Crippen molar-refractivity contribution in [3.8, 4) is 0 Å². The van der Waals surface area contributed by atoms with Gasteiger partial charge in [-0.2, -0.15) is 0 Å². The van der Waals surface area contributed by atoms with Gasteiger partial charge in [0.1, 0.15) is 0 Å². The van der Waals surface area contributed by atoms with Crippen molar-refractivity contribution in [1.29, 1.82) is 0 Å². The fraction of sp³-hybridized carbons (Fsp3) is 0.300. The first kappa shape index (κ1) is 28.4. The smallest absolute Gasteiger partial charge is 0.320 e. The molecule has 1 aliphatic heterocycles. The predicted molar refractivity (Wildman–Crippen MR) is 154 cm³/mol. The van der Waals surface area contributed by atoms with Crippen LogP contribution in [0.2, 0.25) is 0 Å². The van der Waals surface area contributed by atoms with Crippen molar-refractivity contribution >= 4 is 40.6 Å². The minimum atomic E-state index is -1.40. The third-order valence-corrected chi connectivity index (χ3v) is 5.80. The highest BCUT2D eigenvalue weighted by atomic mass is 16.2. The molecule has 3 aromatic rings. The largest absolute Gasteiger partial charge is 0.323 e. The van der Waals surface area contributed by atoms with E-state index in [0.29, 0.717) is 29.3 Å². The van der Waals surface area contributed by atoms with Gasteiger partial charge >= 0.3 is 6.03 Å². The first-order chi connectivity index (χ1) is 18.2. The lowest BCUT2D eigenvalue weighted by atomic mass is 9.92. The molecule has 0 radical (unpaired) electrons. The maximum atomic E-state index is 13.9. The minimum absolute atomic E-state index is 0.0295. The molecule has 4 rings (SSSR count). The normalized spacial score (nSPS) is 15.1. The van der Waals surface area contributed by atoms with Crippen LogP contribution in [0.25, 0.3) is 0 Å². The van der Waals surface area contributed by atoms with Crippen LogP contribution in [0, 0.1) is 5.41 Å². The first-order valence-electron chi connectivity index (χ1n) is 12.7. The predicted octanol–water partition coefficient (Wildman–Crippen LogP) is 5.16. The fourth-order valence-electron chi connectivity index (χ4n) is 3.97. The molecule has 0 saturated carbocycles. The average Bonchev–Trinajstić information content (AvgIpc) is 2.97. The summed E-state index contributed by atoms with van der Waals surface area (Å²) in [6.45, 7) is 6.72. The van der Waals surface area contributed by atoms with E-state index in [1.807, 2.05) is 74.8 Å². The Bertz CT molecular complexity index is 1230. The van der Waals surface area contributed by atoms with Crippen molar-refractivity contribution in [3.05, 3.63) is 84.9 Å². The van der Waals surface area contributed by atoms with Crippen LogP contribution in [-0.4, -0.2) is 44.5 Å². The summed E-state index contributed by atoms with van der Waals surface area (Å²) in [5.74, 6) is -0.983. The Morgan fingerprint density at radius 2 is 1.32 bits per heavy atom. The van der Waals surface area contributed by atoms with Crippen LogP contribution >= 0.6 is 0 Å². The van der Waals surface area contributed by atoms with Crippen molar-refractivity contribution in [3.63, 3.8) is 0 Å². The molecular formula is C30H37N5O3. The summed E-state index contributed by atoms with van der Waals surface area (Å²) >= 11 is 0. The number of hydrogen-bond acceptors (Lipinski definition) is 4. The van der Waals surface area contributed by atoms with Gasteiger partial charge in [0.2, 0.25) is 0 Å². The van der Waals surface area contributed by atoms with E-state index in [1.54, 1.807) is 29.2 Å². The lowest BCUT2D eigenvalue weighted by molar-refractivity contribution is -0.128. The van der Waals surface area contributed by atoms with E-state index < -0.39 is 23.9 Å². The first-order valence-corrected chi connectivity index (χ1v) is 12.7. The van der Waals surface area contributed by atoms with Crippen molar-refractivity contribution in [1.82, 2.24) is 10.6 Å². The molecule has 0 aliphatic carbocycles. The number of amides is 4. The van der Waals surface area contributed by atoms with Gasteiger partial charge in [0, 0.05) is 17.9 Å². The molecule has 3 aromatic carbocycles. The number of hydrogen-bond donors (Lipinski definition) is 3. The van der Waals surface area contributed by atoms with Gasteiger partial charge in [-0.15, -0.1) is 0 Å². The van der Waals surface area contributed by atoms with E-state index in [-0.39, 0.29) is 5.41 Å². The molecule has 3 N–H and O–H groups in total. The number of fused-ring (bicyclic) bond motifs is 1. The van der Waals surface area contributed by atoms with Crippen molar-refractivity contribution in [2.24, 2.45) is 5.41 Å². The highest BCUT2D eigenvalue weighted by molar-refractivity contribution is 6.24. The van der Waals surface area contributed by atoms with Gasteiger partial charge in [-0.25, -0.2) is 4.79 Å². The van der Waals surface area contributed by atoms with Gasteiger partial charge < -0.3 is 20.9 Å². The molecule has 4 amide bonds. The summed E-state index contributed by atoms with van der Waals surface area (Å²) in [7, 11) is 3.75. The second kappa shape index (κ2) is 12.9. The van der Waals surface area contributed by atoms with E-state index in [1.165, 1.54) is 4.90 Å². The highest BCUT2D eigenvalue weighted by Gasteiger charge is 2.42. The van der Waals surface area contributed by atoms with Gasteiger partial charge in [0.05, 0.1) is 11.4 Å². The number of nitrogens with one attached hydrogen (secondary N) is 3. The van der Waals surface area contributed by atoms with Crippen molar-refractivity contribution in [2.45, 2.75) is 33.2 Å². The van der Waals surface area contributed by atoms with Gasteiger partial charge in [-0.3, -0.25) is 14.5 Å². The van der Waals surface area contributed by atoms with Crippen LogP contribution in [0.1, 0.15) is 27.2 Å². The van der Waals surface area contributed by atoms with E-state index in [4.69, 9.17) is 0 Å². The second-order valence-corrected chi connectivity index (χ2v) is 10.2. The van der Waals surface area contributed by atoms with Gasteiger partial charge in [-0.05, 0) is 62.3 Å². The quantitative estimate of drug-likeness (QED) is 0.409. The fourth-order valence-corrected chi connectivity index (χ4v) is 3.97. The second-order valence-electron chi connectivity index (χ2n) is 10.2. The summed E-state index contributed by atoms with van der Waals surface area (Å²) in [6.07, 6.45) is 0.718. The Kier molecular flexibility index (Phi) is 9.62. The molecule has 1 heterocycles. The van der Waals surface area contributed by atoms with Gasteiger partial charge in [0.25, 0.3) is 11.8 Å². The number of carbonyl (C=O) groups excluding carboxylic acids is 3. The molecule has 200 valence electrons. The lowest BCUT2D eigenvalue weighted by Crippen LogP contribution is -2.55. The zero-order chi connectivity index (χ0) is 27.7. The Hall–Kier alpha value is -4.17. The number of benzene rings is 3. The maximum Gasteiger partial charge on any atom is 0.320 e. The van der Waals surface area contributed by atoms with Gasteiger partial charge in [0.15, 0.2) is 6.04 Å². The van der Waals surface area contributed by atoms with Crippen LogP contribution in [0.4, 0.5) is 27.5 Å². The Morgan fingerprint density at radius 1 is 0.789 bits per heavy atom. The molecule has 0 bridgehead atoms. The molecule has 1 aliphatic rings. The molecule has 0 saturated heterocycles. The summed E-state index contributed by atoms with van der Waals surface area (Å²) in [5.41, 5.74) is 2.38. The number of carbonyl (C=O) groups is 3. The summed E-state index contributed by atoms with van der Waals surface area (Å²) in [6, 6.07) is 23.4. The molecule has 8 nitrogen and oxygen atoms in total. The third-order valence-electron chi connectivity index (χ3n) is 5.80. The number of para-hydroxylation sites is 4. The molecule has 8 heteroatoms. The standard InChI is InChI=1S/C28H30N4O3.C2H7N/c1-28(2,3)18-19-31-22-16-10-11-17-23(22)32(21-14-8-5-9-15-21)26(34)24(25(31)33)30-27(35)29-20-12-6-4-7-13-20;1-3-2/h4-17,24H,18-19H2,1-3H3,(H2,29,30,35);3H,1-2H3. The maximum absolute atomic E-state index is 13.9. The number of nitrogens with zero attached hydrogens (tertiary/aromatic N) is 2. The Labute approximate surface area is 225 Å². The topological polar surface area (TPSA) is 93.8 Å². The van der Waals surface area contributed by atoms with E-state index >= 15 is 0 Å². The average molecular weight is 516 g/mol. The molecule has 0 fully saturated rings. The lowest BCUT2D eigenvalue weighted by Gasteiger charge is -2.28. The molecule has 0 spiro atoms. The van der Waals surface area contributed by atoms with Gasteiger partial charge in [-0.1, -0.05) is 69.3 Å². The highest BCUT2D eigenvalue weighted by Crippen LogP contribution is 2.38. The number of urea groups is 1. The van der Waals surface area contributed by atoms with Crippen molar-refractivity contribution in [2.75, 3.05) is 35.8 Å². The number of anilines is 4. The van der Waals surface area contributed by atoms with E-state index in [9.17, 15) is 14.4 Å². The minimum Gasteiger partial charge on any atom is -0.323 e. The summed E-state index contributed by atoms with van der Waals surface area (Å²) < 4.78 is 0. The van der Waals surface area contributed by atoms with Crippen molar-refractivity contribution < 1.29 is 14.4 Å². The van der Waals surface area contributed by atoms with E-state index in [2.05, 4.69) is 36.7 Å². The van der Waals surface area contributed by atoms with Crippen LogP contribution in [0.15, 0.2) is 84.9 Å². The van der Waals surface area contributed by atoms with Crippen LogP contribution in [-0.2, 0) is 9.59 Å². The van der Waals surface area contributed by atoms with Crippen LogP contribution in [0.3, 0.4) is 0 Å². The molecule has 1 atom stereocenters. The van der Waals surface area contributed by atoms with Crippen LogP contribution in [0.5, 0.6) is 0 Å². The molecule has 1 unspecified atom stereocenters. The van der Waals surface area contributed by atoms with Crippen LogP contribution < -0.4 is 25.8 Å². The molecular weight excluding hydrogens is 478 g/mol. The SMILES string of the molecule is CC(C)(C)CCN1C(=O)C(NC(=O)Nc2ccccc2)C(=O)N(c2ccccc2)c2ccccc21.CNC. The zero-order valence-corrected chi connectivity index (χ0v) is 22.7.